The summed E-state index contributed by atoms with van der Waals surface area (Å²) in [5, 5.41) is 45.1. The number of aliphatic hydroxyl groups excluding tert-OH is 1. The maximum atomic E-state index is 14.3. The Bertz CT molecular complexity index is 3270. The molecule has 0 aliphatic carbocycles. The Hall–Kier alpha value is -7.40. The number of likely N-dealkylation sites (tertiary alicyclic amines) is 1. The van der Waals surface area contributed by atoms with E-state index in [2.05, 4.69) is 60.5 Å². The lowest BCUT2D eigenvalue weighted by molar-refractivity contribution is -0.144. The standard InChI is InChI=1S/C53H55N11O6S2/c1-27-30(4)72-52-45(27)46(57-40(22-44-61-60-32(6)70-44)49-62-59-31(5)64(49)52)35-14-12-34(13-15-35)37-18-19-42(38(20-37)23-54)69-25-43(66)58-48(53(7,8)9)51(68)63-24-39(65)21-41(63)50(67)56-28(2)33-10-16-36(17-11-33)47-29(3)55-26-71-47/h10-20,26,28,39-41,48,65H,21-22,24-25H2,1-9H3,(H,56,67)(H,58,66)/t28-,39+,40-,41-,48?/m0/s1. The minimum atomic E-state index is -1.07. The first-order chi connectivity index (χ1) is 34.4. The first kappa shape index (κ1) is 49.6. The monoisotopic (exact) mass is 1010 g/mol. The number of nitriles is 1. The number of aromatic nitrogens is 6. The number of aliphatic imine (C=N–C) groups is 1. The smallest absolute Gasteiger partial charge is 0.258 e. The lowest BCUT2D eigenvalue weighted by Crippen LogP contribution is -2.58. The molecule has 0 radical (unpaired) electrons. The van der Waals surface area contributed by atoms with Crippen LogP contribution < -0.4 is 15.4 Å². The number of aryl methyl sites for hydroxylation is 4. The third-order valence-corrected chi connectivity index (χ3v) is 15.4. The van der Waals surface area contributed by atoms with Crippen LogP contribution in [0.3, 0.4) is 0 Å². The Morgan fingerprint density at radius 3 is 2.31 bits per heavy atom. The zero-order valence-electron chi connectivity index (χ0n) is 41.5. The molecule has 0 bridgehead atoms. The second-order valence-corrected chi connectivity index (χ2v) is 21.4. The van der Waals surface area contributed by atoms with Crippen LogP contribution in [0.25, 0.3) is 26.6 Å². The molecular weight excluding hydrogens is 951 g/mol. The van der Waals surface area contributed by atoms with Crippen LogP contribution in [0.4, 0.5) is 0 Å². The van der Waals surface area contributed by atoms with Gasteiger partial charge < -0.3 is 29.8 Å². The van der Waals surface area contributed by atoms with Crippen molar-refractivity contribution in [3.8, 4) is 38.4 Å². The van der Waals surface area contributed by atoms with Crippen molar-refractivity contribution in [3.63, 3.8) is 0 Å². The van der Waals surface area contributed by atoms with E-state index in [4.69, 9.17) is 14.1 Å². The molecule has 2 aliphatic heterocycles. The number of fused-ring (bicyclic) bond motifs is 3. The minimum Gasteiger partial charge on any atom is -0.482 e. The van der Waals surface area contributed by atoms with Crippen LogP contribution in [0.15, 0.2) is 81.7 Å². The Labute approximate surface area is 425 Å². The lowest BCUT2D eigenvalue weighted by atomic mass is 9.85. The van der Waals surface area contributed by atoms with Crippen molar-refractivity contribution in [2.75, 3.05) is 13.2 Å². The van der Waals surface area contributed by atoms with E-state index in [1.165, 1.54) is 4.90 Å². The molecule has 3 aromatic carbocycles. The lowest BCUT2D eigenvalue weighted by Gasteiger charge is -2.35. The quantitative estimate of drug-likeness (QED) is 0.101. The fourth-order valence-corrected chi connectivity index (χ4v) is 11.2. The molecule has 7 aromatic rings. The maximum Gasteiger partial charge on any atom is 0.258 e. The van der Waals surface area contributed by atoms with Gasteiger partial charge in [-0.1, -0.05) is 75.4 Å². The largest absolute Gasteiger partial charge is 0.482 e. The SMILES string of the molecule is Cc1nnc(C[C@@H]2N=C(c3ccc(-c4ccc(OCC(=O)NC(C(=O)N5C[C@H](O)C[C@H]5C(=O)N[C@@H](C)c5ccc(-c6scnc6C)cc5)C(C)(C)C)c(C#N)c4)cc3)c3c(sc(C)c3C)-n3c(C)nnc32)o1. The van der Waals surface area contributed by atoms with Crippen LogP contribution in [0.1, 0.15) is 108 Å². The van der Waals surface area contributed by atoms with E-state index in [-0.39, 0.29) is 30.3 Å². The van der Waals surface area contributed by atoms with Crippen molar-refractivity contribution in [1.29, 1.82) is 5.26 Å². The molecule has 5 atom stereocenters. The van der Waals surface area contributed by atoms with Crippen molar-refractivity contribution in [2.45, 2.75) is 105 Å². The number of ether oxygens (including phenoxy) is 1. The molecule has 3 amide bonds. The molecular formula is C53H55N11O6S2. The molecule has 0 spiro atoms. The average Bonchev–Trinajstić information content (AvgIpc) is 4.20. The van der Waals surface area contributed by atoms with Crippen LogP contribution in [-0.2, 0) is 20.8 Å². The molecule has 1 fully saturated rings. The van der Waals surface area contributed by atoms with E-state index in [1.807, 2.05) is 102 Å². The molecule has 17 nitrogen and oxygen atoms in total. The van der Waals surface area contributed by atoms with Gasteiger partial charge in [0.05, 0.1) is 45.9 Å². The highest BCUT2D eigenvalue weighted by Crippen LogP contribution is 2.40. The van der Waals surface area contributed by atoms with Crippen LogP contribution in [0.5, 0.6) is 5.75 Å². The number of hydrogen-bond donors (Lipinski definition) is 3. The first-order valence-electron chi connectivity index (χ1n) is 23.6. The van der Waals surface area contributed by atoms with E-state index >= 15 is 0 Å². The predicted molar refractivity (Wildman–Crippen MR) is 273 cm³/mol. The number of carbonyl (C=O) groups excluding carboxylic acids is 3. The normalized spacial score (nSPS) is 17.3. The fourth-order valence-electron chi connectivity index (χ4n) is 9.21. The molecule has 4 aromatic heterocycles. The number of nitrogens with zero attached hydrogens (tertiary/aromatic N) is 9. The van der Waals surface area contributed by atoms with Crippen molar-refractivity contribution < 1.29 is 28.6 Å². The van der Waals surface area contributed by atoms with Crippen LogP contribution in [0, 0.1) is 51.4 Å². The predicted octanol–water partition coefficient (Wildman–Crippen LogP) is 7.80. The molecule has 72 heavy (non-hydrogen) atoms. The molecule has 3 N–H and O–H groups in total. The number of β-amino-alcohol motifs (C(OH)–C–C–N with tert-alkyl or cyclic N) is 1. The van der Waals surface area contributed by atoms with Gasteiger partial charge in [0, 0.05) is 35.9 Å². The van der Waals surface area contributed by atoms with Gasteiger partial charge in [0.15, 0.2) is 12.4 Å². The van der Waals surface area contributed by atoms with Gasteiger partial charge in [0.2, 0.25) is 23.6 Å². The number of carbonyl (C=O) groups is 3. The molecule has 6 heterocycles. The molecule has 9 rings (SSSR count). The molecule has 370 valence electrons. The molecule has 1 unspecified atom stereocenters. The number of rotatable bonds is 13. The van der Waals surface area contributed by atoms with E-state index in [0.717, 1.165) is 70.9 Å². The fraction of sp³-hybridized carbons (Fsp3) is 0.358. The Balaban J connectivity index is 0.870. The summed E-state index contributed by atoms with van der Waals surface area (Å²) in [4.78, 5) is 55.0. The third kappa shape index (κ3) is 9.94. The number of thiazole rings is 1. The zero-order valence-corrected chi connectivity index (χ0v) is 43.1. The third-order valence-electron chi connectivity index (χ3n) is 13.2. The maximum absolute atomic E-state index is 14.3. The summed E-state index contributed by atoms with van der Waals surface area (Å²) >= 11 is 3.23. The van der Waals surface area contributed by atoms with Gasteiger partial charge in [-0.05, 0) is 80.0 Å². The van der Waals surface area contributed by atoms with Crippen LogP contribution in [0.2, 0.25) is 0 Å². The summed E-state index contributed by atoms with van der Waals surface area (Å²) in [6, 6.07) is 20.4. The van der Waals surface area contributed by atoms with Crippen LogP contribution in [-0.4, -0.2) is 94.7 Å². The Morgan fingerprint density at radius 2 is 1.64 bits per heavy atom. The molecule has 0 saturated carbocycles. The molecule has 1 saturated heterocycles. The second-order valence-electron chi connectivity index (χ2n) is 19.4. The summed E-state index contributed by atoms with van der Waals surface area (Å²) in [7, 11) is 0. The summed E-state index contributed by atoms with van der Waals surface area (Å²) in [5.41, 5.74) is 9.50. The summed E-state index contributed by atoms with van der Waals surface area (Å²) in [6.07, 6.45) is -0.531. The highest BCUT2D eigenvalue weighted by atomic mass is 32.1. The number of benzene rings is 3. The Kier molecular flexibility index (Phi) is 13.8. The van der Waals surface area contributed by atoms with Gasteiger partial charge in [0.1, 0.15) is 40.8 Å². The minimum absolute atomic E-state index is 0.0540. The van der Waals surface area contributed by atoms with E-state index in [9.17, 15) is 24.8 Å². The second kappa shape index (κ2) is 20.0. The van der Waals surface area contributed by atoms with Gasteiger partial charge in [-0.2, -0.15) is 5.26 Å². The highest BCUT2D eigenvalue weighted by Gasteiger charge is 2.45. The van der Waals surface area contributed by atoms with Gasteiger partial charge in [-0.25, -0.2) is 4.98 Å². The summed E-state index contributed by atoms with van der Waals surface area (Å²) in [6.45, 7) is 16.6. The topological polar surface area (TPSA) is 227 Å². The Morgan fingerprint density at radius 1 is 0.931 bits per heavy atom. The number of hydrogen-bond acceptors (Lipinski definition) is 15. The summed E-state index contributed by atoms with van der Waals surface area (Å²) in [5.74, 6) is 1.06. The zero-order chi connectivity index (χ0) is 51.2. The first-order valence-corrected chi connectivity index (χ1v) is 25.3. The van der Waals surface area contributed by atoms with Crippen LogP contribution >= 0.6 is 22.7 Å². The number of amides is 3. The number of nitrogens with one attached hydrogen (secondary N) is 2. The van der Waals surface area contributed by atoms with Gasteiger partial charge in [-0.3, -0.25) is 23.9 Å². The van der Waals surface area contributed by atoms with Crippen molar-refractivity contribution in [3.05, 3.63) is 134 Å². The molecule has 19 heteroatoms. The van der Waals surface area contributed by atoms with Crippen molar-refractivity contribution >= 4 is 46.1 Å². The van der Waals surface area contributed by atoms with Crippen molar-refractivity contribution in [2.24, 2.45) is 10.4 Å². The summed E-state index contributed by atoms with van der Waals surface area (Å²) < 4.78 is 13.8. The number of aliphatic hydroxyl groups is 1. The van der Waals surface area contributed by atoms with E-state index in [1.54, 1.807) is 41.7 Å². The van der Waals surface area contributed by atoms with E-state index < -0.39 is 54.0 Å². The van der Waals surface area contributed by atoms with Gasteiger partial charge in [0.25, 0.3) is 5.91 Å². The van der Waals surface area contributed by atoms with Gasteiger partial charge >= 0.3 is 0 Å². The van der Waals surface area contributed by atoms with E-state index in [0.29, 0.717) is 24.0 Å². The molecule has 2 aliphatic rings. The average molecular weight is 1010 g/mol. The number of thiophene rings is 1. The highest BCUT2D eigenvalue weighted by molar-refractivity contribution is 7.15. The van der Waals surface area contributed by atoms with Crippen molar-refractivity contribution in [1.82, 2.24) is 45.5 Å². The van der Waals surface area contributed by atoms with Gasteiger partial charge in [-0.15, -0.1) is 43.1 Å².